The molecule has 0 aliphatic carbocycles. The molecule has 0 unspecified atom stereocenters. The van der Waals surface area contributed by atoms with Crippen molar-refractivity contribution in [3.63, 3.8) is 0 Å². The van der Waals surface area contributed by atoms with Crippen LogP contribution >= 0.6 is 15.9 Å². The predicted octanol–water partition coefficient (Wildman–Crippen LogP) is 3.36. The molecule has 0 saturated carbocycles. The third-order valence-electron chi connectivity index (χ3n) is 1.97. The maximum atomic E-state index is 4.28. The summed E-state index contributed by atoms with van der Waals surface area (Å²) in [6, 6.07) is 2.07. The molecule has 2 nitrogen and oxygen atoms in total. The van der Waals surface area contributed by atoms with Gasteiger partial charge in [0.2, 0.25) is 0 Å². The number of halogens is 1. The lowest BCUT2D eigenvalue weighted by molar-refractivity contribution is 1.31. The molecular formula is C10H9BrN2. The van der Waals surface area contributed by atoms with E-state index in [-0.39, 0.29) is 0 Å². The minimum Gasteiger partial charge on any atom is -0.345 e. The predicted molar refractivity (Wildman–Crippen MR) is 58.5 cm³/mol. The molecule has 0 aliphatic heterocycles. The van der Waals surface area contributed by atoms with E-state index in [2.05, 4.69) is 38.5 Å². The van der Waals surface area contributed by atoms with E-state index < -0.39 is 0 Å². The van der Waals surface area contributed by atoms with Gasteiger partial charge in [0.1, 0.15) is 5.65 Å². The summed E-state index contributed by atoms with van der Waals surface area (Å²) in [6.07, 6.45) is 3.72. The van der Waals surface area contributed by atoms with Crippen LogP contribution in [0, 0.1) is 0 Å². The fourth-order valence-electron chi connectivity index (χ4n) is 1.20. The number of rotatable bonds is 1. The van der Waals surface area contributed by atoms with Gasteiger partial charge in [-0.15, -0.1) is 0 Å². The standard InChI is InChI=1S/C10H9BrN2/c1-6(2)7-3-8-9(11)5-13-10(8)12-4-7/h3-5H,1H2,2H3,(H,12,13). The van der Waals surface area contributed by atoms with Gasteiger partial charge in [0.25, 0.3) is 0 Å². The Labute approximate surface area is 84.8 Å². The molecule has 2 aromatic heterocycles. The Morgan fingerprint density at radius 1 is 1.62 bits per heavy atom. The molecule has 0 fully saturated rings. The van der Waals surface area contributed by atoms with Gasteiger partial charge in [-0.2, -0.15) is 0 Å². The van der Waals surface area contributed by atoms with Gasteiger partial charge in [-0.05, 0) is 40.1 Å². The second kappa shape index (κ2) is 3.00. The molecule has 0 spiro atoms. The SMILES string of the molecule is C=C(C)c1cnc2[nH]cc(Br)c2c1. The van der Waals surface area contributed by atoms with Crippen LogP contribution in [-0.2, 0) is 0 Å². The molecule has 0 aromatic carbocycles. The normalized spacial score (nSPS) is 10.6. The number of H-pyrrole nitrogens is 1. The van der Waals surface area contributed by atoms with Gasteiger partial charge in [0.15, 0.2) is 0 Å². The fourth-order valence-corrected chi connectivity index (χ4v) is 1.62. The average molecular weight is 237 g/mol. The number of fused-ring (bicyclic) bond motifs is 1. The molecule has 0 aliphatic rings. The van der Waals surface area contributed by atoms with Crippen LogP contribution in [0.15, 0.2) is 29.5 Å². The van der Waals surface area contributed by atoms with E-state index >= 15 is 0 Å². The molecule has 0 radical (unpaired) electrons. The second-order valence-corrected chi connectivity index (χ2v) is 3.89. The lowest BCUT2D eigenvalue weighted by Gasteiger charge is -1.98. The largest absolute Gasteiger partial charge is 0.345 e. The second-order valence-electron chi connectivity index (χ2n) is 3.04. The van der Waals surface area contributed by atoms with Crippen LogP contribution in [0.3, 0.4) is 0 Å². The van der Waals surface area contributed by atoms with E-state index in [1.165, 1.54) is 0 Å². The monoisotopic (exact) mass is 236 g/mol. The Balaban J connectivity index is 2.72. The minimum absolute atomic E-state index is 0.900. The first kappa shape index (κ1) is 8.51. The Bertz CT molecular complexity index is 471. The average Bonchev–Trinajstić information content (AvgIpc) is 2.47. The van der Waals surface area contributed by atoms with Crippen LogP contribution < -0.4 is 0 Å². The first-order valence-corrected chi connectivity index (χ1v) is 4.76. The molecule has 2 rings (SSSR count). The first-order valence-electron chi connectivity index (χ1n) is 3.97. The zero-order valence-electron chi connectivity index (χ0n) is 7.26. The van der Waals surface area contributed by atoms with Gasteiger partial charge in [-0.3, -0.25) is 0 Å². The van der Waals surface area contributed by atoms with Crippen molar-refractivity contribution >= 4 is 32.5 Å². The number of aromatic nitrogens is 2. The van der Waals surface area contributed by atoms with Crippen LogP contribution in [0.4, 0.5) is 0 Å². The smallest absolute Gasteiger partial charge is 0.138 e. The Hall–Kier alpha value is -1.09. The van der Waals surface area contributed by atoms with Gasteiger partial charge < -0.3 is 4.98 Å². The molecule has 0 bridgehead atoms. The van der Waals surface area contributed by atoms with Crippen LogP contribution in [-0.4, -0.2) is 9.97 Å². The van der Waals surface area contributed by atoms with Crippen LogP contribution in [0.25, 0.3) is 16.6 Å². The van der Waals surface area contributed by atoms with E-state index in [0.717, 1.165) is 26.6 Å². The summed E-state index contributed by atoms with van der Waals surface area (Å²) in [4.78, 5) is 7.34. The van der Waals surface area contributed by atoms with Crippen LogP contribution in [0.2, 0.25) is 0 Å². The zero-order valence-corrected chi connectivity index (χ0v) is 8.85. The summed E-state index contributed by atoms with van der Waals surface area (Å²) in [5, 5.41) is 1.10. The molecule has 0 saturated heterocycles. The number of aromatic amines is 1. The molecule has 0 amide bonds. The van der Waals surface area contributed by atoms with Crippen molar-refractivity contribution in [1.29, 1.82) is 0 Å². The lowest BCUT2D eigenvalue weighted by atomic mass is 10.1. The summed E-state index contributed by atoms with van der Waals surface area (Å²) < 4.78 is 1.04. The number of hydrogen-bond acceptors (Lipinski definition) is 1. The highest BCUT2D eigenvalue weighted by atomic mass is 79.9. The van der Waals surface area contributed by atoms with E-state index in [1.807, 2.05) is 19.3 Å². The zero-order chi connectivity index (χ0) is 9.42. The molecule has 66 valence electrons. The van der Waals surface area contributed by atoms with Crippen molar-refractivity contribution in [3.8, 4) is 0 Å². The van der Waals surface area contributed by atoms with Gasteiger partial charge in [-0.1, -0.05) is 6.58 Å². The summed E-state index contributed by atoms with van der Waals surface area (Å²) in [6.45, 7) is 5.86. The Morgan fingerprint density at radius 3 is 3.08 bits per heavy atom. The van der Waals surface area contributed by atoms with Crippen molar-refractivity contribution < 1.29 is 0 Å². The fraction of sp³-hybridized carbons (Fsp3) is 0.100. The first-order chi connectivity index (χ1) is 6.18. The molecule has 13 heavy (non-hydrogen) atoms. The van der Waals surface area contributed by atoms with Crippen LogP contribution in [0.5, 0.6) is 0 Å². The van der Waals surface area contributed by atoms with Crippen molar-refractivity contribution in [1.82, 2.24) is 9.97 Å². The summed E-state index contributed by atoms with van der Waals surface area (Å²) in [5.41, 5.74) is 3.01. The quantitative estimate of drug-likeness (QED) is 0.809. The number of nitrogens with one attached hydrogen (secondary N) is 1. The van der Waals surface area contributed by atoms with Crippen molar-refractivity contribution in [2.75, 3.05) is 0 Å². The van der Waals surface area contributed by atoms with Gasteiger partial charge in [0, 0.05) is 22.3 Å². The number of hydrogen-bond donors (Lipinski definition) is 1. The number of pyridine rings is 1. The summed E-state index contributed by atoms with van der Waals surface area (Å²) in [7, 11) is 0. The maximum absolute atomic E-state index is 4.28. The number of allylic oxidation sites excluding steroid dienone is 1. The summed E-state index contributed by atoms with van der Waals surface area (Å²) in [5.74, 6) is 0. The van der Waals surface area contributed by atoms with Gasteiger partial charge in [0.05, 0.1) is 0 Å². The number of nitrogens with zero attached hydrogens (tertiary/aromatic N) is 1. The van der Waals surface area contributed by atoms with Gasteiger partial charge >= 0.3 is 0 Å². The molecule has 2 heterocycles. The molecular weight excluding hydrogens is 228 g/mol. The summed E-state index contributed by atoms with van der Waals surface area (Å²) >= 11 is 3.45. The van der Waals surface area contributed by atoms with Crippen molar-refractivity contribution in [2.24, 2.45) is 0 Å². The highest BCUT2D eigenvalue weighted by Crippen LogP contribution is 2.24. The lowest BCUT2D eigenvalue weighted by Crippen LogP contribution is -1.81. The van der Waals surface area contributed by atoms with Gasteiger partial charge in [-0.25, -0.2) is 4.98 Å². The van der Waals surface area contributed by atoms with E-state index in [0.29, 0.717) is 0 Å². The highest BCUT2D eigenvalue weighted by Gasteiger charge is 2.03. The topological polar surface area (TPSA) is 28.7 Å². The Morgan fingerprint density at radius 2 is 2.38 bits per heavy atom. The molecule has 2 aromatic rings. The Kier molecular flexibility index (Phi) is 1.96. The highest BCUT2D eigenvalue weighted by molar-refractivity contribution is 9.10. The minimum atomic E-state index is 0.900. The molecule has 1 N–H and O–H groups in total. The van der Waals surface area contributed by atoms with Crippen molar-refractivity contribution in [3.05, 3.63) is 35.1 Å². The molecule has 0 atom stereocenters. The molecule has 3 heteroatoms. The van der Waals surface area contributed by atoms with E-state index in [9.17, 15) is 0 Å². The maximum Gasteiger partial charge on any atom is 0.138 e. The third-order valence-corrected chi connectivity index (χ3v) is 2.63. The van der Waals surface area contributed by atoms with Crippen LogP contribution in [0.1, 0.15) is 12.5 Å². The van der Waals surface area contributed by atoms with E-state index in [1.54, 1.807) is 0 Å². The van der Waals surface area contributed by atoms with E-state index in [4.69, 9.17) is 0 Å². The third kappa shape index (κ3) is 1.40. The van der Waals surface area contributed by atoms with Crippen molar-refractivity contribution in [2.45, 2.75) is 6.92 Å².